The standard InChI is InChI=1S/C28H30ClN5O7/c1-15(35)38-12-20-22(39-16(2)36)23(40-17(3)37)26(41-20)34-14-30-21-24(31-27(29)32-25(21)34)33-13-28(10-6-7-11-28)18-8-4-5-9-19(18)33/h4-5,8-9,14,20,22-23,26H,6-7,10-13H2,1-3H3/t20-,22?,23?,26-/m1/s1. The van der Waals surface area contributed by atoms with Gasteiger partial charge in [-0.1, -0.05) is 31.0 Å². The molecule has 13 heteroatoms. The van der Waals surface area contributed by atoms with E-state index in [4.69, 9.17) is 30.5 Å². The van der Waals surface area contributed by atoms with E-state index in [1.54, 1.807) is 4.57 Å². The van der Waals surface area contributed by atoms with Crippen LogP contribution in [0.4, 0.5) is 11.5 Å². The summed E-state index contributed by atoms with van der Waals surface area (Å²) >= 11 is 6.50. The molecule has 1 aliphatic carbocycles. The molecule has 2 aliphatic heterocycles. The molecular weight excluding hydrogens is 554 g/mol. The van der Waals surface area contributed by atoms with Crippen molar-refractivity contribution in [3.8, 4) is 0 Å². The quantitative estimate of drug-likeness (QED) is 0.238. The number of rotatable bonds is 6. The van der Waals surface area contributed by atoms with Crippen LogP contribution in [0, 0.1) is 0 Å². The van der Waals surface area contributed by atoms with Crippen LogP contribution in [0.5, 0.6) is 0 Å². The van der Waals surface area contributed by atoms with Gasteiger partial charge < -0.3 is 23.8 Å². The van der Waals surface area contributed by atoms with Gasteiger partial charge in [-0.25, -0.2) is 4.98 Å². The number of benzene rings is 1. The van der Waals surface area contributed by atoms with E-state index >= 15 is 0 Å². The van der Waals surface area contributed by atoms with E-state index < -0.39 is 42.4 Å². The second-order valence-electron chi connectivity index (χ2n) is 10.7. The predicted octanol–water partition coefficient (Wildman–Crippen LogP) is 3.77. The molecule has 1 spiro atoms. The molecule has 0 bridgehead atoms. The number of aromatic nitrogens is 4. The Labute approximate surface area is 240 Å². The number of esters is 3. The van der Waals surface area contributed by atoms with Crippen molar-refractivity contribution in [1.29, 1.82) is 0 Å². The monoisotopic (exact) mass is 583 g/mol. The third-order valence-corrected chi connectivity index (χ3v) is 8.20. The SMILES string of the molecule is CC(=O)OC[C@H]1O[C@@H](n2cnc3c(N4CC5(CCCC5)c5ccccc54)nc(Cl)nc32)C(OC(C)=O)C1OC(C)=O. The van der Waals surface area contributed by atoms with Crippen LogP contribution in [0.3, 0.4) is 0 Å². The molecule has 1 saturated heterocycles. The Kier molecular flexibility index (Phi) is 7.06. The molecule has 2 unspecified atom stereocenters. The lowest BCUT2D eigenvalue weighted by atomic mass is 9.81. The Balaban J connectivity index is 1.43. The van der Waals surface area contributed by atoms with E-state index in [1.165, 1.54) is 45.5 Å². The smallest absolute Gasteiger partial charge is 0.303 e. The first-order chi connectivity index (χ1) is 19.7. The fraction of sp³-hybridized carbons (Fsp3) is 0.500. The summed E-state index contributed by atoms with van der Waals surface area (Å²) in [5, 5.41) is 0.00846. The average molecular weight is 584 g/mol. The summed E-state index contributed by atoms with van der Waals surface area (Å²) in [6.45, 7) is 4.26. The van der Waals surface area contributed by atoms with Gasteiger partial charge in [-0.3, -0.25) is 19.0 Å². The fourth-order valence-corrected chi connectivity index (χ4v) is 6.63. The van der Waals surface area contributed by atoms with Gasteiger partial charge >= 0.3 is 17.9 Å². The zero-order valence-electron chi connectivity index (χ0n) is 22.9. The molecule has 2 fully saturated rings. The lowest BCUT2D eigenvalue weighted by Crippen LogP contribution is -2.40. The maximum atomic E-state index is 12.1. The van der Waals surface area contributed by atoms with Gasteiger partial charge in [0.1, 0.15) is 12.7 Å². The number of anilines is 2. The van der Waals surface area contributed by atoms with Crippen molar-refractivity contribution in [2.45, 2.75) is 76.4 Å². The first-order valence-electron chi connectivity index (χ1n) is 13.6. The summed E-state index contributed by atoms with van der Waals surface area (Å²) in [6, 6.07) is 8.35. The molecular formula is C28H30ClN5O7. The van der Waals surface area contributed by atoms with E-state index in [2.05, 4.69) is 38.1 Å². The van der Waals surface area contributed by atoms with Gasteiger partial charge in [0.15, 0.2) is 35.4 Å². The van der Waals surface area contributed by atoms with Crippen molar-refractivity contribution < 1.29 is 33.3 Å². The summed E-state index contributed by atoms with van der Waals surface area (Å²) in [5.74, 6) is -1.20. The highest BCUT2D eigenvalue weighted by Gasteiger charge is 2.51. The second-order valence-corrected chi connectivity index (χ2v) is 11.1. The van der Waals surface area contributed by atoms with E-state index in [-0.39, 0.29) is 17.3 Å². The van der Waals surface area contributed by atoms with Crippen LogP contribution < -0.4 is 4.90 Å². The van der Waals surface area contributed by atoms with Gasteiger partial charge in [-0.2, -0.15) is 9.97 Å². The first-order valence-corrected chi connectivity index (χ1v) is 13.9. The normalized spacial score (nSPS) is 24.5. The van der Waals surface area contributed by atoms with Crippen LogP contribution >= 0.6 is 11.6 Å². The van der Waals surface area contributed by atoms with E-state index in [1.807, 2.05) is 6.07 Å². The lowest BCUT2D eigenvalue weighted by Gasteiger charge is -2.25. The van der Waals surface area contributed by atoms with Crippen LogP contribution in [0.25, 0.3) is 11.2 Å². The van der Waals surface area contributed by atoms with Crippen LogP contribution in [-0.2, 0) is 38.7 Å². The molecule has 2 aromatic heterocycles. The molecule has 1 aromatic carbocycles. The number of hydrogen-bond donors (Lipinski definition) is 0. The number of imidazole rings is 1. The molecule has 41 heavy (non-hydrogen) atoms. The Morgan fingerprint density at radius 1 is 1.02 bits per heavy atom. The van der Waals surface area contributed by atoms with Crippen LogP contribution in [0.2, 0.25) is 5.28 Å². The molecule has 4 atom stereocenters. The maximum absolute atomic E-state index is 12.1. The number of halogens is 1. The highest BCUT2D eigenvalue weighted by atomic mass is 35.5. The van der Waals surface area contributed by atoms with Crippen molar-refractivity contribution in [1.82, 2.24) is 19.5 Å². The van der Waals surface area contributed by atoms with Crippen molar-refractivity contribution in [3.05, 3.63) is 41.4 Å². The summed E-state index contributed by atoms with van der Waals surface area (Å²) in [4.78, 5) is 51.5. The number of carbonyl (C=O) groups excluding carboxylic acids is 3. The van der Waals surface area contributed by atoms with Crippen LogP contribution in [0.15, 0.2) is 30.6 Å². The molecule has 0 N–H and O–H groups in total. The largest absolute Gasteiger partial charge is 0.463 e. The second kappa shape index (κ2) is 10.6. The van der Waals surface area contributed by atoms with Gasteiger partial charge in [0.05, 0.1) is 6.33 Å². The topological polar surface area (TPSA) is 135 Å². The Hall–Kier alpha value is -3.77. The fourth-order valence-electron chi connectivity index (χ4n) is 6.47. The maximum Gasteiger partial charge on any atom is 0.303 e. The molecule has 3 aliphatic rings. The van der Waals surface area contributed by atoms with Crippen LogP contribution in [0.1, 0.15) is 58.2 Å². The van der Waals surface area contributed by atoms with Crippen LogP contribution in [-0.4, -0.2) is 68.9 Å². The van der Waals surface area contributed by atoms with Crippen molar-refractivity contribution in [3.63, 3.8) is 0 Å². The summed E-state index contributed by atoms with van der Waals surface area (Å²) < 4.78 is 24.0. The number of ether oxygens (including phenoxy) is 4. The number of hydrogen-bond acceptors (Lipinski definition) is 11. The Morgan fingerprint density at radius 3 is 2.44 bits per heavy atom. The number of fused-ring (bicyclic) bond motifs is 3. The molecule has 4 heterocycles. The van der Waals surface area contributed by atoms with Gasteiger partial charge in [-0.05, 0) is 36.1 Å². The molecule has 6 rings (SSSR count). The van der Waals surface area contributed by atoms with Gasteiger partial charge in [0.25, 0.3) is 0 Å². The minimum Gasteiger partial charge on any atom is -0.463 e. The van der Waals surface area contributed by atoms with E-state index in [9.17, 15) is 14.4 Å². The highest BCUT2D eigenvalue weighted by molar-refractivity contribution is 6.28. The lowest BCUT2D eigenvalue weighted by molar-refractivity contribution is -0.166. The minimum atomic E-state index is -1.08. The molecule has 0 radical (unpaired) electrons. The van der Waals surface area contributed by atoms with Crippen molar-refractivity contribution in [2.24, 2.45) is 0 Å². The molecule has 0 amide bonds. The van der Waals surface area contributed by atoms with Gasteiger partial charge in [0, 0.05) is 38.4 Å². The summed E-state index contributed by atoms with van der Waals surface area (Å²) in [5.41, 5.74) is 3.23. The molecule has 12 nitrogen and oxygen atoms in total. The van der Waals surface area contributed by atoms with Crippen molar-refractivity contribution >= 4 is 52.2 Å². The average Bonchev–Trinajstić information content (AvgIpc) is 3.69. The minimum absolute atomic E-state index is 0.00846. The zero-order chi connectivity index (χ0) is 28.9. The van der Waals surface area contributed by atoms with E-state index in [0.29, 0.717) is 17.0 Å². The van der Waals surface area contributed by atoms with Crippen molar-refractivity contribution in [2.75, 3.05) is 18.1 Å². The van der Waals surface area contributed by atoms with E-state index in [0.717, 1.165) is 25.1 Å². The first kappa shape index (κ1) is 27.4. The number of para-hydroxylation sites is 1. The summed E-state index contributed by atoms with van der Waals surface area (Å²) in [6.07, 6.45) is 1.97. The van der Waals surface area contributed by atoms with Gasteiger partial charge in [0.2, 0.25) is 5.28 Å². The molecule has 1 saturated carbocycles. The number of carbonyl (C=O) groups is 3. The van der Waals surface area contributed by atoms with Gasteiger partial charge in [-0.15, -0.1) is 0 Å². The Morgan fingerprint density at radius 2 is 1.73 bits per heavy atom. The predicted molar refractivity (Wildman–Crippen MR) is 146 cm³/mol. The highest BCUT2D eigenvalue weighted by Crippen LogP contribution is 2.53. The Bertz CT molecular complexity index is 1520. The molecule has 216 valence electrons. The number of nitrogens with zero attached hydrogens (tertiary/aromatic N) is 5. The third-order valence-electron chi connectivity index (χ3n) is 8.03. The summed E-state index contributed by atoms with van der Waals surface area (Å²) in [7, 11) is 0. The zero-order valence-corrected chi connectivity index (χ0v) is 23.7. The third kappa shape index (κ3) is 4.88. The molecule has 3 aromatic rings.